The zero-order valence-corrected chi connectivity index (χ0v) is 7.95. The molecular weight excluding hydrogens is 172 g/mol. The van der Waals surface area contributed by atoms with E-state index in [9.17, 15) is 4.79 Å². The summed E-state index contributed by atoms with van der Waals surface area (Å²) in [4.78, 5) is 10.3. The van der Waals surface area contributed by atoms with Gasteiger partial charge in [-0.25, -0.2) is 0 Å². The van der Waals surface area contributed by atoms with Crippen LogP contribution >= 0.6 is 0 Å². The molecule has 0 bridgehead atoms. The molecular formula is C9H16O4. The van der Waals surface area contributed by atoms with Crippen LogP contribution in [0.1, 0.15) is 6.92 Å². The van der Waals surface area contributed by atoms with Crippen molar-refractivity contribution >= 4 is 5.97 Å². The van der Waals surface area contributed by atoms with Crippen LogP contribution in [0.2, 0.25) is 0 Å². The van der Waals surface area contributed by atoms with E-state index in [2.05, 4.69) is 11.3 Å². The fraction of sp³-hybridized carbons (Fsp3) is 0.667. The van der Waals surface area contributed by atoms with Crippen LogP contribution in [0.4, 0.5) is 0 Å². The number of esters is 1. The van der Waals surface area contributed by atoms with Crippen LogP contribution in [0.5, 0.6) is 0 Å². The quantitative estimate of drug-likeness (QED) is 0.320. The minimum absolute atomic E-state index is 0.286. The molecule has 4 heteroatoms. The second kappa shape index (κ2) is 9.22. The molecule has 4 nitrogen and oxygen atoms in total. The molecule has 0 atom stereocenters. The van der Waals surface area contributed by atoms with Crippen LogP contribution < -0.4 is 0 Å². The van der Waals surface area contributed by atoms with Crippen molar-refractivity contribution in [2.45, 2.75) is 6.92 Å². The lowest BCUT2D eigenvalue weighted by molar-refractivity contribution is -0.142. The van der Waals surface area contributed by atoms with Crippen molar-refractivity contribution in [2.24, 2.45) is 0 Å². The monoisotopic (exact) mass is 188 g/mol. The molecule has 0 radical (unpaired) electrons. The van der Waals surface area contributed by atoms with Gasteiger partial charge < -0.3 is 14.2 Å². The van der Waals surface area contributed by atoms with Crippen LogP contribution in [0.3, 0.4) is 0 Å². The Bertz CT molecular complexity index is 145. The average Bonchev–Trinajstić information content (AvgIpc) is 2.09. The lowest BCUT2D eigenvalue weighted by Crippen LogP contribution is -2.11. The normalized spacial score (nSPS) is 9.62. The van der Waals surface area contributed by atoms with Gasteiger partial charge in [-0.1, -0.05) is 6.08 Å². The molecule has 76 valence electrons. The molecule has 0 aromatic heterocycles. The molecule has 0 aromatic rings. The van der Waals surface area contributed by atoms with Crippen LogP contribution in [0, 0.1) is 0 Å². The number of ether oxygens (including phenoxy) is 3. The van der Waals surface area contributed by atoms with E-state index < -0.39 is 0 Å². The molecule has 0 amide bonds. The maximum Gasteiger partial charge on any atom is 0.302 e. The Labute approximate surface area is 78.5 Å². The van der Waals surface area contributed by atoms with Gasteiger partial charge in [0.2, 0.25) is 0 Å². The lowest BCUT2D eigenvalue weighted by atomic mass is 10.6. The molecule has 0 fully saturated rings. The van der Waals surface area contributed by atoms with Gasteiger partial charge in [-0.2, -0.15) is 0 Å². The van der Waals surface area contributed by atoms with E-state index in [0.29, 0.717) is 33.0 Å². The highest BCUT2D eigenvalue weighted by Crippen LogP contribution is 1.81. The Kier molecular flexibility index (Phi) is 8.60. The van der Waals surface area contributed by atoms with Crippen LogP contribution in [-0.4, -0.2) is 39.0 Å². The van der Waals surface area contributed by atoms with Gasteiger partial charge in [-0.3, -0.25) is 4.79 Å². The molecule has 0 unspecified atom stereocenters. The Morgan fingerprint density at radius 1 is 1.23 bits per heavy atom. The molecule has 0 rings (SSSR count). The van der Waals surface area contributed by atoms with Crippen molar-refractivity contribution in [1.82, 2.24) is 0 Å². The first kappa shape index (κ1) is 12.1. The first-order chi connectivity index (χ1) is 6.27. The third-order valence-corrected chi connectivity index (χ3v) is 1.14. The number of rotatable bonds is 8. The van der Waals surface area contributed by atoms with Crippen molar-refractivity contribution in [3.8, 4) is 0 Å². The Hall–Kier alpha value is -0.870. The molecule has 13 heavy (non-hydrogen) atoms. The van der Waals surface area contributed by atoms with Gasteiger partial charge in [0.15, 0.2) is 0 Å². The Balaban J connectivity index is 2.91. The van der Waals surface area contributed by atoms with E-state index in [0.717, 1.165) is 0 Å². The predicted molar refractivity (Wildman–Crippen MR) is 48.5 cm³/mol. The van der Waals surface area contributed by atoms with Crippen LogP contribution in [0.25, 0.3) is 0 Å². The highest BCUT2D eigenvalue weighted by Gasteiger charge is 1.92. The minimum atomic E-state index is -0.286. The summed E-state index contributed by atoms with van der Waals surface area (Å²) in [5, 5.41) is 0. The predicted octanol–water partition coefficient (Wildman–Crippen LogP) is 0.769. The van der Waals surface area contributed by atoms with E-state index in [-0.39, 0.29) is 5.97 Å². The standard InChI is InChI=1S/C9H16O4/c1-3-4-11-5-6-12-7-8-13-9(2)10/h3H,1,4-8H2,2H3. The van der Waals surface area contributed by atoms with Crippen molar-refractivity contribution in [1.29, 1.82) is 0 Å². The largest absolute Gasteiger partial charge is 0.463 e. The summed E-state index contributed by atoms with van der Waals surface area (Å²) in [6, 6.07) is 0. The molecule has 0 heterocycles. The van der Waals surface area contributed by atoms with Crippen molar-refractivity contribution in [2.75, 3.05) is 33.0 Å². The van der Waals surface area contributed by atoms with Crippen molar-refractivity contribution in [3.63, 3.8) is 0 Å². The number of carbonyl (C=O) groups excluding carboxylic acids is 1. The van der Waals surface area contributed by atoms with E-state index in [1.165, 1.54) is 6.92 Å². The summed E-state index contributed by atoms with van der Waals surface area (Å²) in [6.07, 6.45) is 1.68. The van der Waals surface area contributed by atoms with Gasteiger partial charge in [-0.05, 0) is 0 Å². The molecule has 0 saturated carbocycles. The first-order valence-corrected chi connectivity index (χ1v) is 4.17. The second-order valence-electron chi connectivity index (χ2n) is 2.32. The van der Waals surface area contributed by atoms with E-state index in [1.807, 2.05) is 0 Å². The summed E-state index contributed by atoms with van der Waals surface area (Å²) in [5.41, 5.74) is 0. The Morgan fingerprint density at radius 3 is 2.46 bits per heavy atom. The third kappa shape index (κ3) is 11.1. The number of carbonyl (C=O) groups is 1. The molecule has 0 aliphatic heterocycles. The summed E-state index contributed by atoms with van der Waals surface area (Å²) in [5.74, 6) is -0.286. The summed E-state index contributed by atoms with van der Waals surface area (Å²) >= 11 is 0. The summed E-state index contributed by atoms with van der Waals surface area (Å²) in [6.45, 7) is 7.17. The average molecular weight is 188 g/mol. The molecule has 0 aliphatic rings. The molecule has 0 spiro atoms. The highest BCUT2D eigenvalue weighted by atomic mass is 16.6. The maximum absolute atomic E-state index is 10.3. The van der Waals surface area contributed by atoms with Gasteiger partial charge in [-0.15, -0.1) is 6.58 Å². The smallest absolute Gasteiger partial charge is 0.302 e. The first-order valence-electron chi connectivity index (χ1n) is 4.17. The Morgan fingerprint density at radius 2 is 1.85 bits per heavy atom. The van der Waals surface area contributed by atoms with Gasteiger partial charge in [0.1, 0.15) is 6.61 Å². The maximum atomic E-state index is 10.3. The van der Waals surface area contributed by atoms with Gasteiger partial charge in [0, 0.05) is 6.92 Å². The SMILES string of the molecule is C=CCOCCOCCOC(C)=O. The highest BCUT2D eigenvalue weighted by molar-refractivity contribution is 5.65. The number of hydrogen-bond acceptors (Lipinski definition) is 4. The molecule has 0 N–H and O–H groups in total. The fourth-order valence-corrected chi connectivity index (χ4v) is 0.631. The molecule has 0 aliphatic carbocycles. The number of hydrogen-bond donors (Lipinski definition) is 0. The topological polar surface area (TPSA) is 44.8 Å². The van der Waals surface area contributed by atoms with Crippen molar-refractivity contribution in [3.05, 3.63) is 12.7 Å². The van der Waals surface area contributed by atoms with Crippen molar-refractivity contribution < 1.29 is 19.0 Å². The zero-order valence-electron chi connectivity index (χ0n) is 7.95. The fourth-order valence-electron chi connectivity index (χ4n) is 0.631. The zero-order chi connectivity index (χ0) is 9.94. The van der Waals surface area contributed by atoms with Gasteiger partial charge in [0.25, 0.3) is 0 Å². The van der Waals surface area contributed by atoms with E-state index in [4.69, 9.17) is 9.47 Å². The second-order valence-corrected chi connectivity index (χ2v) is 2.32. The van der Waals surface area contributed by atoms with E-state index >= 15 is 0 Å². The van der Waals surface area contributed by atoms with Crippen LogP contribution in [-0.2, 0) is 19.0 Å². The van der Waals surface area contributed by atoms with E-state index in [1.54, 1.807) is 6.08 Å². The summed E-state index contributed by atoms with van der Waals surface area (Å²) in [7, 11) is 0. The summed E-state index contributed by atoms with van der Waals surface area (Å²) < 4.78 is 14.8. The van der Waals surface area contributed by atoms with Crippen LogP contribution in [0.15, 0.2) is 12.7 Å². The molecule has 0 aromatic carbocycles. The third-order valence-electron chi connectivity index (χ3n) is 1.14. The van der Waals surface area contributed by atoms with Gasteiger partial charge >= 0.3 is 5.97 Å². The lowest BCUT2D eigenvalue weighted by Gasteiger charge is -2.04. The minimum Gasteiger partial charge on any atom is -0.463 e. The van der Waals surface area contributed by atoms with Gasteiger partial charge in [0.05, 0.1) is 26.4 Å². The molecule has 0 saturated heterocycles.